The van der Waals surface area contributed by atoms with Gasteiger partial charge in [0.25, 0.3) is 5.91 Å². The Balaban J connectivity index is 1.52. The van der Waals surface area contributed by atoms with Gasteiger partial charge in [-0.2, -0.15) is 0 Å². The minimum atomic E-state index is -0.352. The molecule has 0 saturated carbocycles. The van der Waals surface area contributed by atoms with E-state index in [1.165, 1.54) is 11.3 Å². The van der Waals surface area contributed by atoms with E-state index in [2.05, 4.69) is 22.8 Å². The summed E-state index contributed by atoms with van der Waals surface area (Å²) in [6, 6.07) is 15.0. The quantitative estimate of drug-likeness (QED) is 0.582. The Morgan fingerprint density at radius 2 is 1.72 bits per heavy atom. The maximum absolute atomic E-state index is 12.1. The molecular formula is C22H23N3O3S. The lowest BCUT2D eigenvalue weighted by Crippen LogP contribution is -2.42. The normalized spacial score (nSPS) is 10.4. The van der Waals surface area contributed by atoms with E-state index in [-0.39, 0.29) is 18.2 Å². The number of amides is 2. The number of aromatic nitrogens is 1. The SMILES string of the molecule is CCOc1ccc(-c2nc(CC(=O)NNC(=O)c3ccc(CC)cc3)cs2)cc1. The number of aryl methyl sites for hydroxylation is 1. The first-order chi connectivity index (χ1) is 14.1. The first-order valence-electron chi connectivity index (χ1n) is 9.44. The summed E-state index contributed by atoms with van der Waals surface area (Å²) >= 11 is 1.47. The molecule has 0 aliphatic carbocycles. The predicted octanol–water partition coefficient (Wildman–Crippen LogP) is 3.77. The van der Waals surface area contributed by atoms with Crippen molar-refractivity contribution in [3.63, 3.8) is 0 Å². The van der Waals surface area contributed by atoms with Crippen LogP contribution in [0.1, 0.15) is 35.5 Å². The number of carbonyl (C=O) groups excluding carboxylic acids is 2. The molecule has 2 amide bonds. The molecule has 1 aromatic heterocycles. The molecule has 6 nitrogen and oxygen atoms in total. The molecule has 2 N–H and O–H groups in total. The summed E-state index contributed by atoms with van der Waals surface area (Å²) < 4.78 is 5.44. The second-order valence-corrected chi connectivity index (χ2v) is 7.19. The second kappa shape index (κ2) is 9.84. The zero-order valence-electron chi connectivity index (χ0n) is 16.4. The van der Waals surface area contributed by atoms with Crippen LogP contribution in [0.4, 0.5) is 0 Å². The molecule has 29 heavy (non-hydrogen) atoms. The van der Waals surface area contributed by atoms with Gasteiger partial charge in [0.1, 0.15) is 10.8 Å². The van der Waals surface area contributed by atoms with E-state index >= 15 is 0 Å². The number of ether oxygens (including phenoxy) is 1. The number of nitrogens with zero attached hydrogens (tertiary/aromatic N) is 1. The zero-order chi connectivity index (χ0) is 20.6. The summed E-state index contributed by atoms with van der Waals surface area (Å²) in [5, 5.41) is 2.67. The molecule has 3 rings (SSSR count). The van der Waals surface area contributed by atoms with Gasteiger partial charge >= 0.3 is 0 Å². The zero-order valence-corrected chi connectivity index (χ0v) is 17.2. The predicted molar refractivity (Wildman–Crippen MR) is 114 cm³/mol. The van der Waals surface area contributed by atoms with E-state index in [0.29, 0.717) is 17.9 Å². The Hall–Kier alpha value is -3.19. The molecule has 3 aromatic rings. The Bertz CT molecular complexity index is 966. The Kier molecular flexibility index (Phi) is 6.97. The minimum absolute atomic E-state index is 0.0859. The smallest absolute Gasteiger partial charge is 0.269 e. The molecule has 0 radical (unpaired) electrons. The van der Waals surface area contributed by atoms with Crippen molar-refractivity contribution < 1.29 is 14.3 Å². The highest BCUT2D eigenvalue weighted by molar-refractivity contribution is 7.13. The lowest BCUT2D eigenvalue weighted by molar-refractivity contribution is -0.121. The number of hydrazine groups is 1. The Morgan fingerprint density at radius 3 is 2.38 bits per heavy atom. The number of hydrogen-bond donors (Lipinski definition) is 2. The molecule has 0 saturated heterocycles. The molecular weight excluding hydrogens is 386 g/mol. The van der Waals surface area contributed by atoms with Crippen LogP contribution in [0.3, 0.4) is 0 Å². The molecule has 0 spiro atoms. The van der Waals surface area contributed by atoms with Crippen molar-refractivity contribution in [3.05, 3.63) is 70.7 Å². The fourth-order valence-corrected chi connectivity index (χ4v) is 3.51. The van der Waals surface area contributed by atoms with E-state index in [0.717, 1.165) is 28.3 Å². The largest absolute Gasteiger partial charge is 0.494 e. The average Bonchev–Trinajstić information content (AvgIpc) is 3.21. The number of carbonyl (C=O) groups is 2. The molecule has 0 unspecified atom stereocenters. The molecule has 0 fully saturated rings. The van der Waals surface area contributed by atoms with E-state index in [4.69, 9.17) is 4.74 Å². The summed E-state index contributed by atoms with van der Waals surface area (Å²) in [6.07, 6.45) is 0.994. The van der Waals surface area contributed by atoms with E-state index in [9.17, 15) is 9.59 Å². The summed E-state index contributed by atoms with van der Waals surface area (Å²) in [4.78, 5) is 28.8. The maximum atomic E-state index is 12.1. The number of nitrogens with one attached hydrogen (secondary N) is 2. The van der Waals surface area contributed by atoms with Crippen LogP contribution < -0.4 is 15.6 Å². The van der Waals surface area contributed by atoms with Gasteiger partial charge in [0.15, 0.2) is 0 Å². The third kappa shape index (κ3) is 5.65. The minimum Gasteiger partial charge on any atom is -0.494 e. The fourth-order valence-electron chi connectivity index (χ4n) is 2.68. The first-order valence-corrected chi connectivity index (χ1v) is 10.3. The topological polar surface area (TPSA) is 80.3 Å². The van der Waals surface area contributed by atoms with Crippen LogP contribution in [0.5, 0.6) is 5.75 Å². The van der Waals surface area contributed by atoms with Crippen molar-refractivity contribution >= 4 is 23.2 Å². The van der Waals surface area contributed by atoms with Gasteiger partial charge < -0.3 is 4.74 Å². The Morgan fingerprint density at radius 1 is 1.00 bits per heavy atom. The second-order valence-electron chi connectivity index (χ2n) is 6.33. The highest BCUT2D eigenvalue weighted by atomic mass is 32.1. The van der Waals surface area contributed by atoms with Crippen LogP contribution in [-0.4, -0.2) is 23.4 Å². The van der Waals surface area contributed by atoms with Gasteiger partial charge in [-0.3, -0.25) is 20.4 Å². The number of rotatable bonds is 7. The van der Waals surface area contributed by atoms with Crippen molar-refractivity contribution in [2.75, 3.05) is 6.61 Å². The van der Waals surface area contributed by atoms with Gasteiger partial charge in [-0.25, -0.2) is 4.98 Å². The molecule has 150 valence electrons. The lowest BCUT2D eigenvalue weighted by atomic mass is 10.1. The van der Waals surface area contributed by atoms with Gasteiger partial charge in [-0.1, -0.05) is 19.1 Å². The molecule has 1 heterocycles. The fraction of sp³-hybridized carbons (Fsp3) is 0.227. The van der Waals surface area contributed by atoms with Crippen LogP contribution in [-0.2, 0) is 17.6 Å². The van der Waals surface area contributed by atoms with Crippen molar-refractivity contribution in [2.45, 2.75) is 26.7 Å². The third-order valence-corrected chi connectivity index (χ3v) is 5.19. The average molecular weight is 410 g/mol. The monoisotopic (exact) mass is 409 g/mol. The third-order valence-electron chi connectivity index (χ3n) is 4.25. The van der Waals surface area contributed by atoms with Crippen molar-refractivity contribution in [2.24, 2.45) is 0 Å². The van der Waals surface area contributed by atoms with E-state index in [1.54, 1.807) is 12.1 Å². The highest BCUT2D eigenvalue weighted by Gasteiger charge is 2.11. The van der Waals surface area contributed by atoms with Crippen molar-refractivity contribution in [1.82, 2.24) is 15.8 Å². The van der Waals surface area contributed by atoms with Crippen LogP contribution in [0, 0.1) is 0 Å². The number of hydrogen-bond acceptors (Lipinski definition) is 5. The lowest BCUT2D eigenvalue weighted by Gasteiger charge is -2.07. The van der Waals surface area contributed by atoms with Gasteiger partial charge in [-0.15, -0.1) is 11.3 Å². The Labute approximate surface area is 173 Å². The van der Waals surface area contributed by atoms with E-state index in [1.807, 2.05) is 48.7 Å². The van der Waals surface area contributed by atoms with Gasteiger partial charge in [0.2, 0.25) is 5.91 Å². The van der Waals surface area contributed by atoms with Crippen molar-refractivity contribution in [1.29, 1.82) is 0 Å². The van der Waals surface area contributed by atoms with Crippen LogP contribution >= 0.6 is 11.3 Å². The maximum Gasteiger partial charge on any atom is 0.269 e. The van der Waals surface area contributed by atoms with E-state index < -0.39 is 0 Å². The van der Waals surface area contributed by atoms with Gasteiger partial charge in [0, 0.05) is 16.5 Å². The van der Waals surface area contributed by atoms with Gasteiger partial charge in [-0.05, 0) is 55.3 Å². The number of thiazole rings is 1. The molecule has 7 heteroatoms. The first kappa shape index (κ1) is 20.5. The molecule has 2 aromatic carbocycles. The van der Waals surface area contributed by atoms with Gasteiger partial charge in [0.05, 0.1) is 18.7 Å². The van der Waals surface area contributed by atoms with Crippen molar-refractivity contribution in [3.8, 4) is 16.3 Å². The molecule has 0 atom stereocenters. The standard InChI is InChI=1S/C22H23N3O3S/c1-3-15-5-7-16(8-6-15)21(27)25-24-20(26)13-18-14-29-22(23-18)17-9-11-19(12-10-17)28-4-2/h5-12,14H,3-4,13H2,1-2H3,(H,24,26)(H,25,27). The summed E-state index contributed by atoms with van der Waals surface area (Å²) in [5.41, 5.74) is 8.14. The van der Waals surface area contributed by atoms with Crippen LogP contribution in [0.2, 0.25) is 0 Å². The summed E-state index contributed by atoms with van der Waals surface area (Å²) in [7, 11) is 0. The van der Waals surface area contributed by atoms with Crippen LogP contribution in [0.15, 0.2) is 53.9 Å². The molecule has 0 aliphatic rings. The highest BCUT2D eigenvalue weighted by Crippen LogP contribution is 2.26. The van der Waals surface area contributed by atoms with Crippen LogP contribution in [0.25, 0.3) is 10.6 Å². The summed E-state index contributed by atoms with van der Waals surface area (Å²) in [6.45, 7) is 4.61. The number of benzene rings is 2. The summed E-state index contributed by atoms with van der Waals surface area (Å²) in [5.74, 6) is 0.133. The molecule has 0 aliphatic heterocycles. The molecule has 0 bridgehead atoms.